The van der Waals surface area contributed by atoms with E-state index in [1.165, 1.54) is 6.92 Å². The van der Waals surface area contributed by atoms with Crippen molar-refractivity contribution in [3.63, 3.8) is 0 Å². The molecular weight excluding hydrogens is 260 g/mol. The standard InChI is InChI=1S/C14H22N2O4/c1-10(17)15-6-2-4-11(8-15)13(18)16-7-3-5-12(9-16)14(19)20/h11-12H,2-9H2,1H3,(H,19,20)/t11-,12-/m0/s1. The Balaban J connectivity index is 1.96. The van der Waals surface area contributed by atoms with Crippen molar-refractivity contribution in [3.05, 3.63) is 0 Å². The first-order valence-electron chi connectivity index (χ1n) is 7.26. The van der Waals surface area contributed by atoms with E-state index >= 15 is 0 Å². The summed E-state index contributed by atoms with van der Waals surface area (Å²) in [5.74, 6) is -1.41. The van der Waals surface area contributed by atoms with Crippen LogP contribution in [0.25, 0.3) is 0 Å². The van der Waals surface area contributed by atoms with Crippen molar-refractivity contribution in [2.24, 2.45) is 11.8 Å². The number of likely N-dealkylation sites (tertiary alicyclic amines) is 2. The van der Waals surface area contributed by atoms with E-state index in [4.69, 9.17) is 5.11 Å². The second-order valence-electron chi connectivity index (χ2n) is 5.77. The average Bonchev–Trinajstić information content (AvgIpc) is 2.46. The summed E-state index contributed by atoms with van der Waals surface area (Å²) < 4.78 is 0. The van der Waals surface area contributed by atoms with Crippen molar-refractivity contribution in [2.45, 2.75) is 32.6 Å². The molecule has 2 heterocycles. The van der Waals surface area contributed by atoms with Gasteiger partial charge in [-0.2, -0.15) is 0 Å². The molecule has 0 aromatic rings. The maximum Gasteiger partial charge on any atom is 0.308 e. The fourth-order valence-electron chi connectivity index (χ4n) is 3.10. The summed E-state index contributed by atoms with van der Waals surface area (Å²) in [4.78, 5) is 38.3. The molecule has 2 amide bonds. The molecule has 1 N–H and O–H groups in total. The van der Waals surface area contributed by atoms with Crippen LogP contribution in [0.2, 0.25) is 0 Å². The maximum absolute atomic E-state index is 12.5. The summed E-state index contributed by atoms with van der Waals surface area (Å²) >= 11 is 0. The van der Waals surface area contributed by atoms with Crippen LogP contribution in [-0.2, 0) is 14.4 Å². The predicted molar refractivity (Wildman–Crippen MR) is 71.9 cm³/mol. The Labute approximate surface area is 118 Å². The topological polar surface area (TPSA) is 77.9 Å². The lowest BCUT2D eigenvalue weighted by Gasteiger charge is -2.37. The van der Waals surface area contributed by atoms with E-state index in [0.717, 1.165) is 25.8 Å². The SMILES string of the molecule is CC(=O)N1CCC[C@H](C(=O)N2CCC[C@H](C(=O)O)C2)C1. The maximum atomic E-state index is 12.5. The minimum atomic E-state index is -0.823. The number of rotatable bonds is 2. The number of nitrogens with zero attached hydrogens (tertiary/aromatic N) is 2. The lowest BCUT2D eigenvalue weighted by Crippen LogP contribution is -2.49. The highest BCUT2D eigenvalue weighted by Crippen LogP contribution is 2.23. The molecular formula is C14H22N2O4. The number of carboxylic acids is 1. The smallest absolute Gasteiger partial charge is 0.308 e. The van der Waals surface area contributed by atoms with Crippen LogP contribution in [0.1, 0.15) is 32.6 Å². The van der Waals surface area contributed by atoms with Crippen LogP contribution in [0, 0.1) is 11.8 Å². The van der Waals surface area contributed by atoms with Crippen LogP contribution in [-0.4, -0.2) is 58.9 Å². The van der Waals surface area contributed by atoms with Gasteiger partial charge in [-0.1, -0.05) is 0 Å². The van der Waals surface area contributed by atoms with Gasteiger partial charge in [0.25, 0.3) is 0 Å². The van der Waals surface area contributed by atoms with Crippen LogP contribution in [0.15, 0.2) is 0 Å². The van der Waals surface area contributed by atoms with Gasteiger partial charge in [-0.25, -0.2) is 0 Å². The van der Waals surface area contributed by atoms with E-state index in [2.05, 4.69) is 0 Å². The first-order chi connectivity index (χ1) is 9.49. The summed E-state index contributed by atoms with van der Waals surface area (Å²) in [6, 6.07) is 0. The van der Waals surface area contributed by atoms with Gasteiger partial charge < -0.3 is 14.9 Å². The van der Waals surface area contributed by atoms with Crippen molar-refractivity contribution < 1.29 is 19.5 Å². The van der Waals surface area contributed by atoms with Crippen LogP contribution in [0.4, 0.5) is 0 Å². The Morgan fingerprint density at radius 3 is 2.10 bits per heavy atom. The van der Waals surface area contributed by atoms with Gasteiger partial charge in [0.05, 0.1) is 11.8 Å². The van der Waals surface area contributed by atoms with Crippen molar-refractivity contribution >= 4 is 17.8 Å². The second kappa shape index (κ2) is 6.24. The van der Waals surface area contributed by atoms with Gasteiger partial charge in [0.15, 0.2) is 0 Å². The van der Waals surface area contributed by atoms with E-state index in [1.807, 2.05) is 0 Å². The molecule has 0 unspecified atom stereocenters. The monoisotopic (exact) mass is 282 g/mol. The molecule has 20 heavy (non-hydrogen) atoms. The summed E-state index contributed by atoms with van der Waals surface area (Å²) in [6.45, 7) is 3.66. The number of piperidine rings is 2. The van der Waals surface area contributed by atoms with Crippen molar-refractivity contribution in [1.29, 1.82) is 0 Å². The zero-order chi connectivity index (χ0) is 14.7. The van der Waals surface area contributed by atoms with E-state index in [9.17, 15) is 14.4 Å². The molecule has 6 heteroatoms. The third kappa shape index (κ3) is 3.29. The minimum Gasteiger partial charge on any atom is -0.481 e. The number of hydrogen-bond donors (Lipinski definition) is 1. The number of hydrogen-bond acceptors (Lipinski definition) is 3. The van der Waals surface area contributed by atoms with Gasteiger partial charge in [-0.15, -0.1) is 0 Å². The molecule has 0 spiro atoms. The highest BCUT2D eigenvalue weighted by Gasteiger charge is 2.34. The molecule has 0 bridgehead atoms. The van der Waals surface area contributed by atoms with Crippen LogP contribution >= 0.6 is 0 Å². The largest absolute Gasteiger partial charge is 0.481 e. The van der Waals surface area contributed by atoms with Gasteiger partial charge in [0.1, 0.15) is 0 Å². The summed E-state index contributed by atoms with van der Waals surface area (Å²) in [5, 5.41) is 9.07. The van der Waals surface area contributed by atoms with Crippen LogP contribution in [0.3, 0.4) is 0 Å². The van der Waals surface area contributed by atoms with Crippen LogP contribution in [0.5, 0.6) is 0 Å². The Hall–Kier alpha value is -1.59. The van der Waals surface area contributed by atoms with Gasteiger partial charge in [-0.05, 0) is 25.7 Å². The van der Waals surface area contributed by atoms with Gasteiger partial charge in [-0.3, -0.25) is 14.4 Å². The van der Waals surface area contributed by atoms with Crippen molar-refractivity contribution in [1.82, 2.24) is 9.80 Å². The molecule has 2 saturated heterocycles. The predicted octanol–water partition coefficient (Wildman–Crippen LogP) is 0.568. The number of carboxylic acid groups (broad SMARTS) is 1. The van der Waals surface area contributed by atoms with Crippen molar-refractivity contribution in [2.75, 3.05) is 26.2 Å². The zero-order valence-corrected chi connectivity index (χ0v) is 11.9. The number of aliphatic carboxylic acids is 1. The molecule has 112 valence electrons. The van der Waals surface area contributed by atoms with Gasteiger partial charge >= 0.3 is 5.97 Å². The summed E-state index contributed by atoms with van der Waals surface area (Å²) in [5.41, 5.74) is 0. The van der Waals surface area contributed by atoms with Crippen LogP contribution < -0.4 is 0 Å². The molecule has 2 rings (SSSR count). The average molecular weight is 282 g/mol. The zero-order valence-electron chi connectivity index (χ0n) is 11.9. The molecule has 2 aliphatic heterocycles. The minimum absolute atomic E-state index is 0.00422. The Kier molecular flexibility index (Phi) is 4.62. The van der Waals surface area contributed by atoms with Crippen molar-refractivity contribution in [3.8, 4) is 0 Å². The molecule has 0 radical (unpaired) electrons. The second-order valence-corrected chi connectivity index (χ2v) is 5.77. The third-order valence-corrected chi connectivity index (χ3v) is 4.30. The highest BCUT2D eigenvalue weighted by atomic mass is 16.4. The number of amides is 2. The lowest BCUT2D eigenvalue weighted by atomic mass is 9.93. The third-order valence-electron chi connectivity index (χ3n) is 4.30. The Morgan fingerprint density at radius 2 is 1.50 bits per heavy atom. The van der Waals surface area contributed by atoms with E-state index < -0.39 is 11.9 Å². The molecule has 6 nitrogen and oxygen atoms in total. The van der Waals surface area contributed by atoms with E-state index in [1.54, 1.807) is 9.80 Å². The number of carbonyl (C=O) groups is 3. The summed E-state index contributed by atoms with van der Waals surface area (Å²) in [6.07, 6.45) is 3.01. The highest BCUT2D eigenvalue weighted by molar-refractivity contribution is 5.81. The van der Waals surface area contributed by atoms with E-state index in [-0.39, 0.29) is 17.7 Å². The first-order valence-corrected chi connectivity index (χ1v) is 7.26. The fourth-order valence-corrected chi connectivity index (χ4v) is 3.10. The molecule has 2 fully saturated rings. The molecule has 2 atom stereocenters. The van der Waals surface area contributed by atoms with Gasteiger partial charge in [0, 0.05) is 33.1 Å². The molecule has 0 aromatic heterocycles. The van der Waals surface area contributed by atoms with Gasteiger partial charge in [0.2, 0.25) is 11.8 Å². The first kappa shape index (κ1) is 14.8. The molecule has 0 aliphatic carbocycles. The Morgan fingerprint density at radius 1 is 0.950 bits per heavy atom. The quantitative estimate of drug-likeness (QED) is 0.803. The lowest BCUT2D eigenvalue weighted by molar-refractivity contribution is -0.147. The fraction of sp³-hybridized carbons (Fsp3) is 0.786. The summed E-state index contributed by atoms with van der Waals surface area (Å²) in [7, 11) is 0. The normalized spacial score (nSPS) is 27.2. The Bertz CT molecular complexity index is 374. The number of carbonyl (C=O) groups excluding carboxylic acids is 2. The molecule has 2 aliphatic rings. The van der Waals surface area contributed by atoms with E-state index in [0.29, 0.717) is 26.1 Å². The molecule has 0 saturated carbocycles. The molecule has 0 aromatic carbocycles.